The molecule has 0 aliphatic carbocycles. The second kappa shape index (κ2) is 8.00. The number of thioether (sulfide) groups is 1. The molecule has 0 saturated heterocycles. The summed E-state index contributed by atoms with van der Waals surface area (Å²) in [6, 6.07) is 15.7. The molecule has 9 heteroatoms. The third-order valence-corrected chi connectivity index (χ3v) is 5.71. The minimum Gasteiger partial charge on any atom is -0.510 e. The van der Waals surface area contributed by atoms with Gasteiger partial charge in [0.1, 0.15) is 17.4 Å². The number of fused-ring (bicyclic) bond motifs is 1. The lowest BCUT2D eigenvalue weighted by Crippen LogP contribution is -2.04. The zero-order chi connectivity index (χ0) is 21.3. The molecule has 8 nitrogen and oxygen atoms in total. The van der Waals surface area contributed by atoms with E-state index in [9.17, 15) is 10.4 Å². The van der Waals surface area contributed by atoms with E-state index in [0.29, 0.717) is 11.0 Å². The van der Waals surface area contributed by atoms with Gasteiger partial charge in [-0.1, -0.05) is 36.0 Å². The number of imidazole rings is 1. The molecule has 0 spiro atoms. The minimum absolute atomic E-state index is 0.0728. The van der Waals surface area contributed by atoms with Crippen molar-refractivity contribution in [1.29, 1.82) is 5.26 Å². The zero-order valence-electron chi connectivity index (χ0n) is 16.7. The van der Waals surface area contributed by atoms with E-state index >= 15 is 0 Å². The van der Waals surface area contributed by atoms with Crippen molar-refractivity contribution in [3.8, 4) is 11.8 Å². The lowest BCUT2D eigenvalue weighted by molar-refractivity contribution is 0.420. The van der Waals surface area contributed by atoms with Crippen molar-refractivity contribution >= 4 is 28.4 Å². The second-order valence-corrected chi connectivity index (χ2v) is 7.81. The van der Waals surface area contributed by atoms with Crippen molar-refractivity contribution in [2.24, 2.45) is 7.05 Å². The van der Waals surface area contributed by atoms with Crippen LogP contribution < -0.4 is 0 Å². The molecule has 0 radical (unpaired) electrons. The summed E-state index contributed by atoms with van der Waals surface area (Å²) in [5, 5.41) is 32.8. The highest BCUT2D eigenvalue weighted by Crippen LogP contribution is 2.26. The Bertz CT molecular complexity index is 1310. The van der Waals surface area contributed by atoms with E-state index in [4.69, 9.17) is 0 Å². The summed E-state index contributed by atoms with van der Waals surface area (Å²) in [6.07, 6.45) is 0. The van der Waals surface area contributed by atoms with Gasteiger partial charge in [-0.2, -0.15) is 9.94 Å². The molecule has 0 amide bonds. The van der Waals surface area contributed by atoms with Gasteiger partial charge in [-0.05, 0) is 53.6 Å². The molecule has 0 fully saturated rings. The summed E-state index contributed by atoms with van der Waals surface area (Å²) < 4.78 is 3.44. The summed E-state index contributed by atoms with van der Waals surface area (Å²) in [6.45, 7) is 3.99. The number of rotatable bonds is 5. The van der Waals surface area contributed by atoms with Crippen LogP contribution in [0.25, 0.3) is 22.3 Å². The Morgan fingerprint density at radius 1 is 1.20 bits per heavy atom. The molecule has 2 aromatic heterocycles. The molecule has 150 valence electrons. The van der Waals surface area contributed by atoms with Gasteiger partial charge in [-0.3, -0.25) is 0 Å². The van der Waals surface area contributed by atoms with Crippen molar-refractivity contribution in [2.75, 3.05) is 5.75 Å². The summed E-state index contributed by atoms with van der Waals surface area (Å²) >= 11 is 1.25. The van der Waals surface area contributed by atoms with Crippen LogP contribution in [0.5, 0.6) is 0 Å². The maximum atomic E-state index is 10.7. The molecular weight excluding hydrogens is 398 g/mol. The van der Waals surface area contributed by atoms with Crippen molar-refractivity contribution in [2.45, 2.75) is 19.0 Å². The molecule has 0 saturated carbocycles. The van der Waals surface area contributed by atoms with E-state index in [-0.39, 0.29) is 17.1 Å². The van der Waals surface area contributed by atoms with Crippen LogP contribution in [0.2, 0.25) is 0 Å². The van der Waals surface area contributed by atoms with Crippen LogP contribution in [0.1, 0.15) is 17.0 Å². The van der Waals surface area contributed by atoms with Crippen molar-refractivity contribution in [3.05, 3.63) is 65.2 Å². The van der Waals surface area contributed by atoms with Gasteiger partial charge in [0.15, 0.2) is 5.82 Å². The van der Waals surface area contributed by atoms with E-state index < -0.39 is 0 Å². The van der Waals surface area contributed by atoms with Crippen LogP contribution in [0.4, 0.5) is 0 Å². The Morgan fingerprint density at radius 2 is 2.00 bits per heavy atom. The van der Waals surface area contributed by atoms with Gasteiger partial charge in [0.05, 0.1) is 22.5 Å². The first-order valence-electron chi connectivity index (χ1n) is 9.22. The molecule has 1 N–H and O–H groups in total. The highest BCUT2D eigenvalue weighted by atomic mass is 32.2. The molecule has 4 rings (SSSR count). The molecule has 4 aromatic rings. The number of aromatic nitrogens is 6. The summed E-state index contributed by atoms with van der Waals surface area (Å²) in [5.41, 5.74) is 4.79. The standard InChI is InChI=1S/C21H19N7OS/c1-13-8-9-14(2)18(10-13)28-21(24-25-26-28)30-12-19(29)15(11-22)20-23-16-6-4-5-7-17(16)27(20)3/h4-10,29H,12H2,1-3H3/b19-15-. The third kappa shape index (κ3) is 3.53. The number of allylic oxidation sites excluding steroid dienone is 1. The van der Waals surface area contributed by atoms with Crippen LogP contribution in [-0.2, 0) is 7.05 Å². The van der Waals surface area contributed by atoms with Gasteiger partial charge in [0.25, 0.3) is 0 Å². The quantitative estimate of drug-likeness (QED) is 0.299. The third-order valence-electron chi connectivity index (χ3n) is 4.78. The molecule has 2 aromatic carbocycles. The first-order valence-corrected chi connectivity index (χ1v) is 10.2. The summed E-state index contributed by atoms with van der Waals surface area (Å²) in [5.74, 6) is 0.486. The topological polar surface area (TPSA) is 105 Å². The fourth-order valence-electron chi connectivity index (χ4n) is 3.19. The number of benzene rings is 2. The SMILES string of the molecule is Cc1ccc(C)c(-n2nnnc2SC/C(O)=C(\C#N)c2nc3ccccc3n2C)c1. The number of para-hydroxylation sites is 2. The molecule has 2 heterocycles. The number of aliphatic hydroxyl groups is 1. The van der Waals surface area contributed by atoms with Gasteiger partial charge in [-0.15, -0.1) is 5.10 Å². The largest absolute Gasteiger partial charge is 0.510 e. The first-order chi connectivity index (χ1) is 14.5. The summed E-state index contributed by atoms with van der Waals surface area (Å²) in [4.78, 5) is 4.50. The molecule has 0 bridgehead atoms. The lowest BCUT2D eigenvalue weighted by atomic mass is 10.1. The van der Waals surface area contributed by atoms with E-state index in [1.807, 2.05) is 63.4 Å². The Labute approximate surface area is 177 Å². The lowest BCUT2D eigenvalue weighted by Gasteiger charge is -2.09. The second-order valence-electron chi connectivity index (χ2n) is 6.87. The number of tetrazole rings is 1. The normalized spacial score (nSPS) is 12.1. The van der Waals surface area contributed by atoms with Crippen molar-refractivity contribution < 1.29 is 5.11 Å². The maximum absolute atomic E-state index is 10.7. The van der Waals surface area contributed by atoms with Gasteiger partial charge >= 0.3 is 0 Å². The van der Waals surface area contributed by atoms with Gasteiger partial charge in [0.2, 0.25) is 5.16 Å². The van der Waals surface area contributed by atoms with Crippen LogP contribution in [0.15, 0.2) is 53.4 Å². The summed E-state index contributed by atoms with van der Waals surface area (Å²) in [7, 11) is 1.82. The fourth-order valence-corrected chi connectivity index (χ4v) is 3.95. The number of aryl methyl sites for hydroxylation is 3. The Kier molecular flexibility index (Phi) is 5.25. The van der Waals surface area contributed by atoms with E-state index in [0.717, 1.165) is 27.8 Å². The minimum atomic E-state index is -0.0728. The molecule has 0 aliphatic heterocycles. The van der Waals surface area contributed by atoms with Crippen LogP contribution in [0, 0.1) is 25.2 Å². The van der Waals surface area contributed by atoms with E-state index in [2.05, 4.69) is 26.6 Å². The first kappa shape index (κ1) is 19.7. The number of aliphatic hydroxyl groups excluding tert-OH is 1. The highest BCUT2D eigenvalue weighted by molar-refractivity contribution is 7.99. The van der Waals surface area contributed by atoms with E-state index in [1.165, 1.54) is 11.8 Å². The molecule has 30 heavy (non-hydrogen) atoms. The van der Waals surface area contributed by atoms with E-state index in [1.54, 1.807) is 9.25 Å². The van der Waals surface area contributed by atoms with Gasteiger partial charge in [0, 0.05) is 7.05 Å². The number of nitriles is 1. The van der Waals surface area contributed by atoms with Crippen LogP contribution >= 0.6 is 11.8 Å². The average Bonchev–Trinajstić information content (AvgIpc) is 3.34. The molecule has 0 unspecified atom stereocenters. The highest BCUT2D eigenvalue weighted by Gasteiger charge is 2.18. The number of nitrogens with zero attached hydrogens (tertiary/aromatic N) is 7. The van der Waals surface area contributed by atoms with Crippen molar-refractivity contribution in [3.63, 3.8) is 0 Å². The molecule has 0 atom stereocenters. The molecular formula is C21H19N7OS. The number of hydrogen-bond acceptors (Lipinski definition) is 7. The Hall–Kier alpha value is -3.64. The van der Waals surface area contributed by atoms with Gasteiger partial charge in [-0.25, -0.2) is 4.98 Å². The van der Waals surface area contributed by atoms with Gasteiger partial charge < -0.3 is 9.67 Å². The predicted molar refractivity (Wildman–Crippen MR) is 115 cm³/mol. The maximum Gasteiger partial charge on any atom is 0.214 e. The monoisotopic (exact) mass is 417 g/mol. The average molecular weight is 417 g/mol. The number of hydrogen-bond donors (Lipinski definition) is 1. The van der Waals surface area contributed by atoms with Crippen LogP contribution in [-0.4, -0.2) is 40.6 Å². The Morgan fingerprint density at radius 3 is 2.77 bits per heavy atom. The fraction of sp³-hybridized carbons (Fsp3) is 0.190. The predicted octanol–water partition coefficient (Wildman–Crippen LogP) is 3.75. The zero-order valence-corrected chi connectivity index (χ0v) is 17.6. The Balaban J connectivity index is 1.64. The smallest absolute Gasteiger partial charge is 0.214 e. The molecule has 0 aliphatic rings. The van der Waals surface area contributed by atoms with Crippen molar-refractivity contribution in [1.82, 2.24) is 29.8 Å². The van der Waals surface area contributed by atoms with Crippen LogP contribution in [0.3, 0.4) is 0 Å².